The number of hydrogen-bond donors (Lipinski definition) is 0. The van der Waals surface area contributed by atoms with Crippen LogP contribution in [0, 0.1) is 11.8 Å². The van der Waals surface area contributed by atoms with Gasteiger partial charge < -0.3 is 0 Å². The van der Waals surface area contributed by atoms with E-state index in [1.54, 1.807) is 0 Å². The van der Waals surface area contributed by atoms with Crippen LogP contribution in [0.1, 0.15) is 51.4 Å². The molecule has 0 aromatic heterocycles. The Morgan fingerprint density at radius 2 is 1.50 bits per heavy atom. The fraction of sp³-hybridized carbons (Fsp3) is 0.750. The molecule has 80 valence electrons. The maximum absolute atomic E-state index is 9.86. The fourth-order valence-corrected chi connectivity index (χ4v) is 1.70. The first kappa shape index (κ1) is 13.7. The molecule has 0 rings (SSSR count). The van der Waals surface area contributed by atoms with Crippen molar-refractivity contribution >= 4 is 22.2 Å². The molecule has 1 nitrogen and oxygen atoms in total. The van der Waals surface area contributed by atoms with Gasteiger partial charge in [0.2, 0.25) is 0 Å². The van der Waals surface area contributed by atoms with Gasteiger partial charge in [0.05, 0.1) is 0 Å². The zero-order valence-corrected chi connectivity index (χ0v) is 10.3. The van der Waals surface area contributed by atoms with Crippen LogP contribution in [0.5, 0.6) is 0 Å². The van der Waals surface area contributed by atoms with Crippen molar-refractivity contribution in [3.63, 3.8) is 0 Å². The largest absolute Gasteiger partial charge is 0.289 e. The van der Waals surface area contributed by atoms with E-state index in [1.165, 1.54) is 38.5 Å². The predicted molar refractivity (Wildman–Crippen MR) is 64.6 cm³/mol. The molecule has 0 amide bonds. The molecule has 0 fully saturated rings. The highest BCUT2D eigenvalue weighted by molar-refractivity contribution is 9.09. The quantitative estimate of drug-likeness (QED) is 0.281. The third kappa shape index (κ3) is 11.7. The zero-order chi connectivity index (χ0) is 10.5. The Bertz CT molecular complexity index is 178. The van der Waals surface area contributed by atoms with Crippen LogP contribution >= 0.6 is 15.9 Å². The van der Waals surface area contributed by atoms with Crippen LogP contribution in [0.25, 0.3) is 0 Å². The first-order chi connectivity index (χ1) is 6.91. The predicted octanol–water partition coefficient (Wildman–Crippen LogP) is 3.70. The lowest BCUT2D eigenvalue weighted by Gasteiger charge is -1.98. The molecular formula is C12H19BrO. The van der Waals surface area contributed by atoms with Gasteiger partial charge in [-0.3, -0.25) is 4.79 Å². The standard InChI is InChI=1S/C12H19BrO/c13-11-9-7-5-3-1-2-4-6-8-10-12-14/h12H,1-7,9,11H2. The summed E-state index contributed by atoms with van der Waals surface area (Å²) in [5.41, 5.74) is 0. The summed E-state index contributed by atoms with van der Waals surface area (Å²) in [4.78, 5) is 9.86. The van der Waals surface area contributed by atoms with E-state index in [4.69, 9.17) is 0 Å². The third-order valence-electron chi connectivity index (χ3n) is 2.10. The summed E-state index contributed by atoms with van der Waals surface area (Å²) in [7, 11) is 0. The average molecular weight is 259 g/mol. The minimum atomic E-state index is 0.667. The van der Waals surface area contributed by atoms with Gasteiger partial charge in [0.25, 0.3) is 0 Å². The summed E-state index contributed by atoms with van der Waals surface area (Å²) in [6.45, 7) is 0. The first-order valence-corrected chi connectivity index (χ1v) is 6.52. The molecule has 0 radical (unpaired) electrons. The van der Waals surface area contributed by atoms with E-state index in [9.17, 15) is 4.79 Å². The molecule has 0 heterocycles. The molecule has 0 spiro atoms. The minimum absolute atomic E-state index is 0.667. The van der Waals surface area contributed by atoms with Crippen molar-refractivity contribution in [3.05, 3.63) is 0 Å². The highest BCUT2D eigenvalue weighted by Crippen LogP contribution is 2.08. The van der Waals surface area contributed by atoms with Gasteiger partial charge in [-0.15, -0.1) is 0 Å². The van der Waals surface area contributed by atoms with Crippen molar-refractivity contribution < 1.29 is 4.79 Å². The summed E-state index contributed by atoms with van der Waals surface area (Å²) in [5.74, 6) is 5.25. The van der Waals surface area contributed by atoms with Crippen molar-refractivity contribution in [2.24, 2.45) is 0 Å². The summed E-state index contributed by atoms with van der Waals surface area (Å²) in [6.07, 6.45) is 10.6. The van der Waals surface area contributed by atoms with E-state index in [-0.39, 0.29) is 0 Å². The van der Waals surface area contributed by atoms with E-state index in [2.05, 4.69) is 27.8 Å². The van der Waals surface area contributed by atoms with Crippen LogP contribution in [0.15, 0.2) is 0 Å². The number of aldehydes is 1. The summed E-state index contributed by atoms with van der Waals surface area (Å²) < 4.78 is 0. The van der Waals surface area contributed by atoms with E-state index in [0.29, 0.717) is 6.29 Å². The van der Waals surface area contributed by atoms with Gasteiger partial charge in [0.1, 0.15) is 0 Å². The maximum Gasteiger partial charge on any atom is 0.192 e. The van der Waals surface area contributed by atoms with E-state index in [1.807, 2.05) is 0 Å². The SMILES string of the molecule is O=CC#CCCCCCCCCCBr. The normalized spacial score (nSPS) is 9.21. The van der Waals surface area contributed by atoms with Gasteiger partial charge in [0, 0.05) is 11.8 Å². The molecule has 0 saturated heterocycles. The van der Waals surface area contributed by atoms with Gasteiger partial charge in [-0.2, -0.15) is 0 Å². The van der Waals surface area contributed by atoms with Crippen LogP contribution in [0.2, 0.25) is 0 Å². The third-order valence-corrected chi connectivity index (χ3v) is 2.66. The first-order valence-electron chi connectivity index (χ1n) is 5.40. The van der Waals surface area contributed by atoms with E-state index in [0.717, 1.165) is 18.2 Å². The molecule has 0 aliphatic heterocycles. The van der Waals surface area contributed by atoms with E-state index >= 15 is 0 Å². The van der Waals surface area contributed by atoms with Crippen LogP contribution in [0.4, 0.5) is 0 Å². The van der Waals surface area contributed by atoms with E-state index < -0.39 is 0 Å². The molecule has 2 heteroatoms. The van der Waals surface area contributed by atoms with Gasteiger partial charge >= 0.3 is 0 Å². The summed E-state index contributed by atoms with van der Waals surface area (Å²) >= 11 is 3.42. The molecule has 0 atom stereocenters. The molecule has 0 aromatic rings. The van der Waals surface area contributed by atoms with Gasteiger partial charge in [-0.25, -0.2) is 0 Å². The fourth-order valence-electron chi connectivity index (χ4n) is 1.31. The van der Waals surface area contributed by atoms with Crippen molar-refractivity contribution in [2.45, 2.75) is 51.4 Å². The van der Waals surface area contributed by atoms with Gasteiger partial charge in [-0.1, -0.05) is 54.0 Å². The molecule has 0 aliphatic rings. The molecule has 0 unspecified atom stereocenters. The van der Waals surface area contributed by atoms with Crippen LogP contribution < -0.4 is 0 Å². The lowest BCUT2D eigenvalue weighted by molar-refractivity contribution is -0.103. The lowest BCUT2D eigenvalue weighted by atomic mass is 10.1. The molecule has 0 bridgehead atoms. The topological polar surface area (TPSA) is 17.1 Å². The van der Waals surface area contributed by atoms with Crippen molar-refractivity contribution in [3.8, 4) is 11.8 Å². The second-order valence-electron chi connectivity index (χ2n) is 3.35. The number of alkyl halides is 1. The summed E-state index contributed by atoms with van der Waals surface area (Å²) in [5, 5.41) is 1.13. The highest BCUT2D eigenvalue weighted by atomic mass is 79.9. The van der Waals surface area contributed by atoms with Crippen LogP contribution in [0.3, 0.4) is 0 Å². The Hall–Kier alpha value is -0.290. The monoisotopic (exact) mass is 258 g/mol. The molecule has 0 saturated carbocycles. The second kappa shape index (κ2) is 12.7. The number of hydrogen-bond acceptors (Lipinski definition) is 1. The Labute approximate surface area is 95.8 Å². The number of unbranched alkanes of at least 4 members (excludes halogenated alkanes) is 7. The average Bonchev–Trinajstić information content (AvgIpc) is 2.21. The van der Waals surface area contributed by atoms with Crippen molar-refractivity contribution in [1.82, 2.24) is 0 Å². The molecule has 0 aliphatic carbocycles. The number of carbonyl (C=O) groups excluding carboxylic acids is 1. The number of halogens is 1. The highest BCUT2D eigenvalue weighted by Gasteiger charge is 1.90. The van der Waals surface area contributed by atoms with Gasteiger partial charge in [0.15, 0.2) is 6.29 Å². The zero-order valence-electron chi connectivity index (χ0n) is 8.73. The number of carbonyl (C=O) groups is 1. The Kier molecular flexibility index (Phi) is 12.4. The Balaban J connectivity index is 2.95. The smallest absolute Gasteiger partial charge is 0.192 e. The van der Waals surface area contributed by atoms with Crippen LogP contribution in [-0.4, -0.2) is 11.6 Å². The number of rotatable bonds is 8. The molecule has 14 heavy (non-hydrogen) atoms. The minimum Gasteiger partial charge on any atom is -0.289 e. The maximum atomic E-state index is 9.86. The Morgan fingerprint density at radius 3 is 2.07 bits per heavy atom. The Morgan fingerprint density at radius 1 is 0.929 bits per heavy atom. The molecular weight excluding hydrogens is 240 g/mol. The molecule has 0 aromatic carbocycles. The van der Waals surface area contributed by atoms with Gasteiger partial charge in [-0.05, 0) is 18.8 Å². The lowest BCUT2D eigenvalue weighted by Crippen LogP contribution is -1.81. The van der Waals surface area contributed by atoms with Crippen molar-refractivity contribution in [1.29, 1.82) is 0 Å². The molecule has 0 N–H and O–H groups in total. The summed E-state index contributed by atoms with van der Waals surface area (Å²) in [6, 6.07) is 0. The van der Waals surface area contributed by atoms with Crippen molar-refractivity contribution in [2.75, 3.05) is 5.33 Å². The second-order valence-corrected chi connectivity index (χ2v) is 4.15. The van der Waals surface area contributed by atoms with Crippen LogP contribution in [-0.2, 0) is 4.79 Å².